The molecular formula is C19H22N2O4. The van der Waals surface area contributed by atoms with Crippen molar-refractivity contribution in [3.63, 3.8) is 0 Å². The molecule has 0 spiro atoms. The van der Waals surface area contributed by atoms with Crippen LogP contribution in [0.1, 0.15) is 36.9 Å². The second-order valence-electron chi connectivity index (χ2n) is 5.79. The summed E-state index contributed by atoms with van der Waals surface area (Å²) in [6, 6.07) is 5.67. The smallest absolute Gasteiger partial charge is 0.252 e. The number of carbonyl (C=O) groups excluding carboxylic acids is 1. The van der Waals surface area contributed by atoms with Crippen LogP contribution in [0.2, 0.25) is 0 Å². The monoisotopic (exact) mass is 342 g/mol. The minimum absolute atomic E-state index is 0.303. The van der Waals surface area contributed by atoms with Crippen LogP contribution in [0.4, 0.5) is 0 Å². The highest BCUT2D eigenvalue weighted by Crippen LogP contribution is 2.37. The number of hydrogen-bond donors (Lipinski definition) is 1. The minimum atomic E-state index is -1.05. The summed E-state index contributed by atoms with van der Waals surface area (Å²) in [5.41, 5.74) is 3.33. The number of carbonyl (C=O) groups is 1. The zero-order valence-electron chi connectivity index (χ0n) is 14.7. The number of aryl methyl sites for hydroxylation is 1. The van der Waals surface area contributed by atoms with Crippen LogP contribution in [0, 0.1) is 0 Å². The van der Waals surface area contributed by atoms with E-state index in [4.69, 9.17) is 9.47 Å². The molecule has 0 radical (unpaired) electrons. The average molecular weight is 342 g/mol. The first-order valence-electron chi connectivity index (χ1n) is 8.36. The molecule has 6 nitrogen and oxygen atoms in total. The molecule has 2 aromatic rings. The van der Waals surface area contributed by atoms with Crippen molar-refractivity contribution < 1.29 is 19.4 Å². The number of pyridine rings is 1. The first-order valence-corrected chi connectivity index (χ1v) is 8.36. The van der Waals surface area contributed by atoms with Crippen molar-refractivity contribution in [1.82, 2.24) is 9.88 Å². The Kier molecular flexibility index (Phi) is 4.90. The molecule has 25 heavy (non-hydrogen) atoms. The molecule has 0 aliphatic carbocycles. The molecule has 1 atom stereocenters. The van der Waals surface area contributed by atoms with Gasteiger partial charge in [-0.25, -0.2) is 4.98 Å². The van der Waals surface area contributed by atoms with Gasteiger partial charge in [-0.3, -0.25) is 4.79 Å². The molecule has 1 unspecified atom stereocenters. The van der Waals surface area contributed by atoms with E-state index in [1.807, 2.05) is 25.1 Å². The lowest BCUT2D eigenvalue weighted by Gasteiger charge is -2.18. The molecule has 2 heterocycles. The maximum absolute atomic E-state index is 12.3. The number of aliphatic hydroxyl groups excluding tert-OH is 1. The third-order valence-electron chi connectivity index (χ3n) is 4.42. The van der Waals surface area contributed by atoms with Crippen molar-refractivity contribution in [2.45, 2.75) is 33.0 Å². The van der Waals surface area contributed by atoms with E-state index in [1.54, 1.807) is 7.11 Å². The van der Waals surface area contributed by atoms with Gasteiger partial charge in [0.1, 0.15) is 5.75 Å². The van der Waals surface area contributed by atoms with Gasteiger partial charge in [0.05, 0.1) is 37.7 Å². The van der Waals surface area contributed by atoms with Crippen LogP contribution >= 0.6 is 0 Å². The van der Waals surface area contributed by atoms with Gasteiger partial charge in [0.25, 0.3) is 5.91 Å². The molecule has 0 saturated heterocycles. The van der Waals surface area contributed by atoms with Gasteiger partial charge in [0.2, 0.25) is 0 Å². The standard InChI is InChI=1S/C19H22N2O4/c1-4-13-14-10-12(24-3)6-7-16(14)20-18-15(13)11-21(19(18)23)17(22)8-9-25-5-2/h6-10,19,23H,4-5,11H2,1-3H3/b9-8+. The highest BCUT2D eigenvalue weighted by atomic mass is 16.5. The number of amides is 1. The van der Waals surface area contributed by atoms with Crippen LogP contribution in [0.15, 0.2) is 30.5 Å². The number of rotatable bonds is 5. The van der Waals surface area contributed by atoms with E-state index in [0.717, 1.165) is 34.2 Å². The lowest BCUT2D eigenvalue weighted by atomic mass is 9.99. The van der Waals surface area contributed by atoms with Gasteiger partial charge >= 0.3 is 0 Å². The number of fused-ring (bicyclic) bond motifs is 2. The van der Waals surface area contributed by atoms with Crippen LogP contribution in [-0.4, -0.2) is 34.6 Å². The Labute approximate surface area is 146 Å². The number of ether oxygens (including phenoxy) is 2. The quantitative estimate of drug-likeness (QED) is 0.668. The highest BCUT2D eigenvalue weighted by molar-refractivity contribution is 5.89. The van der Waals surface area contributed by atoms with Crippen molar-refractivity contribution in [1.29, 1.82) is 0 Å². The van der Waals surface area contributed by atoms with Gasteiger partial charge in [0, 0.05) is 17.0 Å². The summed E-state index contributed by atoms with van der Waals surface area (Å²) in [6.45, 7) is 4.71. The molecule has 6 heteroatoms. The average Bonchev–Trinajstić information content (AvgIpc) is 2.96. The fourth-order valence-corrected chi connectivity index (χ4v) is 3.19. The Morgan fingerprint density at radius 2 is 2.24 bits per heavy atom. The van der Waals surface area contributed by atoms with Crippen molar-refractivity contribution in [2.75, 3.05) is 13.7 Å². The largest absolute Gasteiger partial charge is 0.501 e. The lowest BCUT2D eigenvalue weighted by Crippen LogP contribution is -2.28. The summed E-state index contributed by atoms with van der Waals surface area (Å²) in [4.78, 5) is 18.3. The number of aliphatic hydroxyl groups is 1. The second kappa shape index (κ2) is 7.11. The summed E-state index contributed by atoms with van der Waals surface area (Å²) in [7, 11) is 1.63. The predicted octanol–water partition coefficient (Wildman–Crippen LogP) is 2.69. The fourth-order valence-electron chi connectivity index (χ4n) is 3.19. The summed E-state index contributed by atoms with van der Waals surface area (Å²) >= 11 is 0. The van der Waals surface area contributed by atoms with E-state index < -0.39 is 6.23 Å². The number of aromatic nitrogens is 1. The maximum Gasteiger partial charge on any atom is 0.252 e. The van der Waals surface area contributed by atoms with E-state index in [0.29, 0.717) is 18.8 Å². The molecule has 0 fully saturated rings. The number of nitrogens with zero attached hydrogens (tertiary/aromatic N) is 2. The van der Waals surface area contributed by atoms with Crippen LogP contribution in [0.3, 0.4) is 0 Å². The lowest BCUT2D eigenvalue weighted by molar-refractivity contribution is -0.135. The predicted molar refractivity (Wildman–Crippen MR) is 93.9 cm³/mol. The van der Waals surface area contributed by atoms with E-state index in [-0.39, 0.29) is 5.91 Å². The van der Waals surface area contributed by atoms with Gasteiger partial charge in [0.15, 0.2) is 6.23 Å². The molecule has 1 aliphatic heterocycles. The van der Waals surface area contributed by atoms with Gasteiger partial charge in [-0.15, -0.1) is 0 Å². The highest BCUT2D eigenvalue weighted by Gasteiger charge is 2.34. The Hall–Kier alpha value is -2.60. The fraction of sp³-hybridized carbons (Fsp3) is 0.368. The summed E-state index contributed by atoms with van der Waals surface area (Å²) in [5.74, 6) is 0.456. The minimum Gasteiger partial charge on any atom is -0.501 e. The van der Waals surface area contributed by atoms with Crippen LogP contribution in [0.5, 0.6) is 5.75 Å². The zero-order valence-corrected chi connectivity index (χ0v) is 14.7. The van der Waals surface area contributed by atoms with Crippen molar-refractivity contribution in [3.8, 4) is 5.75 Å². The first kappa shape index (κ1) is 17.2. The van der Waals surface area contributed by atoms with Crippen molar-refractivity contribution >= 4 is 16.8 Å². The molecule has 0 bridgehead atoms. The molecular weight excluding hydrogens is 320 g/mol. The van der Waals surface area contributed by atoms with E-state index in [2.05, 4.69) is 11.9 Å². The first-order chi connectivity index (χ1) is 12.1. The molecule has 0 saturated carbocycles. The van der Waals surface area contributed by atoms with Gasteiger partial charge in [-0.1, -0.05) is 6.92 Å². The van der Waals surface area contributed by atoms with Gasteiger partial charge < -0.3 is 19.5 Å². The normalized spacial score (nSPS) is 16.5. The van der Waals surface area contributed by atoms with Crippen LogP contribution in [0.25, 0.3) is 10.9 Å². The number of methoxy groups -OCH3 is 1. The molecule has 1 aromatic carbocycles. The Morgan fingerprint density at radius 1 is 1.44 bits per heavy atom. The zero-order chi connectivity index (χ0) is 18.0. The van der Waals surface area contributed by atoms with Crippen LogP contribution < -0.4 is 4.74 Å². The SMILES string of the molecule is CCO/C=C/C(=O)N1Cc2c(nc3ccc(OC)cc3c2CC)C1O. The number of benzene rings is 1. The Morgan fingerprint density at radius 3 is 2.92 bits per heavy atom. The number of hydrogen-bond acceptors (Lipinski definition) is 5. The third-order valence-corrected chi connectivity index (χ3v) is 4.42. The van der Waals surface area contributed by atoms with E-state index >= 15 is 0 Å². The summed E-state index contributed by atoms with van der Waals surface area (Å²) in [6.07, 6.45) is 2.41. The second-order valence-corrected chi connectivity index (χ2v) is 5.79. The van der Waals surface area contributed by atoms with Gasteiger partial charge in [-0.05, 0) is 37.1 Å². The van der Waals surface area contributed by atoms with E-state index in [9.17, 15) is 9.90 Å². The van der Waals surface area contributed by atoms with Crippen LogP contribution in [-0.2, 0) is 22.5 Å². The summed E-state index contributed by atoms with van der Waals surface area (Å²) < 4.78 is 10.4. The molecule has 1 aromatic heterocycles. The maximum atomic E-state index is 12.3. The molecule has 3 rings (SSSR count). The Bertz CT molecular complexity index is 832. The molecule has 1 amide bonds. The molecule has 1 aliphatic rings. The van der Waals surface area contributed by atoms with Crippen molar-refractivity contribution in [2.24, 2.45) is 0 Å². The molecule has 1 N–H and O–H groups in total. The third kappa shape index (κ3) is 3.05. The van der Waals surface area contributed by atoms with E-state index in [1.165, 1.54) is 17.2 Å². The van der Waals surface area contributed by atoms with Gasteiger partial charge in [-0.2, -0.15) is 0 Å². The summed E-state index contributed by atoms with van der Waals surface area (Å²) in [5, 5.41) is 11.6. The van der Waals surface area contributed by atoms with Crippen molar-refractivity contribution in [3.05, 3.63) is 47.4 Å². The molecule has 132 valence electrons. The topological polar surface area (TPSA) is 71.9 Å². The Balaban J connectivity index is 2.03.